The summed E-state index contributed by atoms with van der Waals surface area (Å²) in [5.74, 6) is 2.01. The molecule has 32 heavy (non-hydrogen) atoms. The Morgan fingerprint density at radius 1 is 1.19 bits per heavy atom. The molecule has 2 aromatic rings. The van der Waals surface area contributed by atoms with Crippen molar-refractivity contribution < 1.29 is 19.3 Å². The maximum atomic E-state index is 10.9. The third-order valence-corrected chi connectivity index (χ3v) is 6.20. The molecular formula is C27H29NO4. The molecule has 0 spiro atoms. The predicted molar refractivity (Wildman–Crippen MR) is 126 cm³/mol. The van der Waals surface area contributed by atoms with Crippen LogP contribution in [0.15, 0.2) is 48.1 Å². The number of hydrogen-bond acceptors (Lipinski definition) is 5. The number of phenolic OH excluding ortho intramolecular Hbond substituents is 1. The lowest BCUT2D eigenvalue weighted by molar-refractivity contribution is 0.0673. The highest BCUT2D eigenvalue weighted by Gasteiger charge is 2.26. The fourth-order valence-corrected chi connectivity index (χ4v) is 4.52. The number of fused-ring (bicyclic) bond motifs is 4. The van der Waals surface area contributed by atoms with Crippen molar-refractivity contribution in [1.82, 2.24) is 4.90 Å². The van der Waals surface area contributed by atoms with Crippen molar-refractivity contribution in [2.45, 2.75) is 18.9 Å². The highest BCUT2D eigenvalue weighted by Crippen LogP contribution is 2.37. The molecule has 166 valence electrons. The molecule has 5 nitrogen and oxygen atoms in total. The average Bonchev–Trinajstić information content (AvgIpc) is 2.99. The van der Waals surface area contributed by atoms with Gasteiger partial charge in [0.25, 0.3) is 0 Å². The number of nitrogens with zero attached hydrogens (tertiary/aromatic N) is 1. The fourth-order valence-electron chi connectivity index (χ4n) is 4.52. The molecule has 0 radical (unpaired) electrons. The molecule has 2 aliphatic heterocycles. The molecule has 1 aliphatic carbocycles. The molecule has 2 heterocycles. The topological polar surface area (TPSA) is 51.2 Å². The number of aromatic hydroxyl groups is 1. The second kappa shape index (κ2) is 8.85. The van der Waals surface area contributed by atoms with Crippen LogP contribution in [0, 0.1) is 0 Å². The largest absolute Gasteiger partial charge is 0.507 e. The van der Waals surface area contributed by atoms with Crippen LogP contribution in [0.2, 0.25) is 0 Å². The van der Waals surface area contributed by atoms with Crippen molar-refractivity contribution in [3.8, 4) is 17.2 Å². The minimum atomic E-state index is -0.0277. The highest BCUT2D eigenvalue weighted by molar-refractivity contribution is 5.77. The molecule has 0 bridgehead atoms. The van der Waals surface area contributed by atoms with E-state index in [1.165, 1.54) is 5.57 Å². The Morgan fingerprint density at radius 2 is 2.03 bits per heavy atom. The number of ether oxygens (including phenoxy) is 3. The summed E-state index contributed by atoms with van der Waals surface area (Å²) in [4.78, 5) is 2.10. The third-order valence-electron chi connectivity index (χ3n) is 6.20. The van der Waals surface area contributed by atoms with Gasteiger partial charge in [0.05, 0.1) is 19.3 Å². The average molecular weight is 432 g/mol. The Labute approximate surface area is 188 Å². The lowest BCUT2D eigenvalue weighted by atomic mass is 9.91. The number of allylic oxidation sites excluding steroid dienone is 2. The van der Waals surface area contributed by atoms with Crippen LogP contribution in [0.4, 0.5) is 0 Å². The van der Waals surface area contributed by atoms with Gasteiger partial charge < -0.3 is 24.2 Å². The van der Waals surface area contributed by atoms with Crippen LogP contribution in [-0.2, 0) is 4.74 Å². The maximum Gasteiger partial charge on any atom is 0.134 e. The zero-order chi connectivity index (χ0) is 22.1. The Kier molecular flexibility index (Phi) is 5.77. The Hall–Kier alpha value is -3.02. The first-order valence-corrected chi connectivity index (χ1v) is 11.2. The molecule has 0 amide bonds. The molecule has 1 atom stereocenters. The second-order valence-electron chi connectivity index (χ2n) is 8.70. The molecule has 1 fully saturated rings. The molecule has 2 aromatic carbocycles. The van der Waals surface area contributed by atoms with Crippen molar-refractivity contribution >= 4 is 17.7 Å². The van der Waals surface area contributed by atoms with Crippen LogP contribution in [0.25, 0.3) is 17.7 Å². The van der Waals surface area contributed by atoms with Gasteiger partial charge in [-0.3, -0.25) is 0 Å². The molecule has 3 aliphatic rings. The van der Waals surface area contributed by atoms with E-state index in [0.29, 0.717) is 19.8 Å². The zero-order valence-electron chi connectivity index (χ0n) is 18.6. The maximum absolute atomic E-state index is 10.9. The van der Waals surface area contributed by atoms with Crippen molar-refractivity contribution in [3.63, 3.8) is 0 Å². The SMILES string of the molecule is CN(C)CCOc1ccc([C@H]2CC3=CC=Cc4c5c(cc(O)c4=C3CO2)=CCCO5)cc1. The van der Waals surface area contributed by atoms with E-state index in [-0.39, 0.29) is 11.9 Å². The van der Waals surface area contributed by atoms with Crippen LogP contribution in [0.5, 0.6) is 17.2 Å². The molecular weight excluding hydrogens is 402 g/mol. The van der Waals surface area contributed by atoms with Gasteiger partial charge in [0.1, 0.15) is 23.9 Å². The molecule has 1 saturated heterocycles. The number of benzene rings is 2. The molecule has 5 rings (SSSR count). The van der Waals surface area contributed by atoms with Gasteiger partial charge in [-0.2, -0.15) is 0 Å². The highest BCUT2D eigenvalue weighted by atomic mass is 16.5. The second-order valence-corrected chi connectivity index (χ2v) is 8.70. The standard InChI is InChI=1S/C27H29NO4/c1-28(2)12-14-30-21-10-8-18(9-11-21)25-16-19-5-3-7-22-26(23(19)17-32-25)24(29)15-20-6-4-13-31-27(20)22/h3,5-11,15,25,29H,4,12-14,16-17H2,1-2H3/t25-/m1/s1. The summed E-state index contributed by atoms with van der Waals surface area (Å²) in [7, 11) is 4.07. The van der Waals surface area contributed by atoms with Crippen LogP contribution >= 0.6 is 0 Å². The summed E-state index contributed by atoms with van der Waals surface area (Å²) in [5.41, 5.74) is 4.31. The van der Waals surface area contributed by atoms with Gasteiger partial charge in [-0.25, -0.2) is 0 Å². The van der Waals surface area contributed by atoms with Gasteiger partial charge in [-0.05, 0) is 49.0 Å². The van der Waals surface area contributed by atoms with Gasteiger partial charge in [-0.15, -0.1) is 0 Å². The van der Waals surface area contributed by atoms with Gasteiger partial charge in [0.2, 0.25) is 0 Å². The van der Waals surface area contributed by atoms with Crippen LogP contribution < -0.4 is 19.9 Å². The first-order valence-electron chi connectivity index (χ1n) is 11.2. The number of likely N-dealkylation sites (N-methyl/N-ethyl adjacent to an activating group) is 1. The van der Waals surface area contributed by atoms with E-state index < -0.39 is 0 Å². The van der Waals surface area contributed by atoms with Crippen molar-refractivity contribution in [3.05, 3.63) is 69.6 Å². The minimum Gasteiger partial charge on any atom is -0.507 e. The smallest absolute Gasteiger partial charge is 0.134 e. The fraction of sp³-hybridized carbons (Fsp3) is 0.333. The summed E-state index contributed by atoms with van der Waals surface area (Å²) >= 11 is 0. The predicted octanol–water partition coefficient (Wildman–Crippen LogP) is 3.16. The number of rotatable bonds is 5. The normalized spacial score (nSPS) is 19.2. The van der Waals surface area contributed by atoms with Gasteiger partial charge in [0, 0.05) is 35.4 Å². The Bertz CT molecular complexity index is 1190. The Balaban J connectivity index is 1.41. The molecule has 0 aromatic heterocycles. The van der Waals surface area contributed by atoms with Gasteiger partial charge in [0.15, 0.2) is 0 Å². The van der Waals surface area contributed by atoms with E-state index in [1.54, 1.807) is 0 Å². The van der Waals surface area contributed by atoms with E-state index in [9.17, 15) is 5.11 Å². The minimum absolute atomic E-state index is 0.0277. The van der Waals surface area contributed by atoms with E-state index >= 15 is 0 Å². The number of hydrogen-bond donors (Lipinski definition) is 1. The first-order chi connectivity index (χ1) is 15.6. The monoisotopic (exact) mass is 431 g/mol. The third kappa shape index (κ3) is 4.06. The summed E-state index contributed by atoms with van der Waals surface area (Å²) in [6, 6.07) is 10.0. The Morgan fingerprint density at radius 3 is 2.84 bits per heavy atom. The van der Waals surface area contributed by atoms with E-state index in [1.807, 2.05) is 38.4 Å². The quantitative estimate of drug-likeness (QED) is 0.788. The number of phenols is 1. The lowest BCUT2D eigenvalue weighted by Crippen LogP contribution is -2.26. The van der Waals surface area contributed by atoms with E-state index in [2.05, 4.69) is 35.3 Å². The van der Waals surface area contributed by atoms with Crippen molar-refractivity contribution in [2.75, 3.05) is 40.5 Å². The molecule has 0 unspecified atom stereocenters. The van der Waals surface area contributed by atoms with Crippen LogP contribution in [-0.4, -0.2) is 50.5 Å². The van der Waals surface area contributed by atoms with Crippen molar-refractivity contribution in [1.29, 1.82) is 0 Å². The van der Waals surface area contributed by atoms with Crippen LogP contribution in [0.1, 0.15) is 30.1 Å². The van der Waals surface area contributed by atoms with Crippen LogP contribution in [0.3, 0.4) is 0 Å². The summed E-state index contributed by atoms with van der Waals surface area (Å²) < 4.78 is 18.1. The molecule has 5 heteroatoms. The van der Waals surface area contributed by atoms with E-state index in [4.69, 9.17) is 14.2 Å². The summed E-state index contributed by atoms with van der Waals surface area (Å²) in [5, 5.41) is 12.7. The lowest BCUT2D eigenvalue weighted by Gasteiger charge is -2.28. The summed E-state index contributed by atoms with van der Waals surface area (Å²) in [6.45, 7) is 2.66. The molecule has 0 saturated carbocycles. The van der Waals surface area contributed by atoms with Gasteiger partial charge >= 0.3 is 0 Å². The summed E-state index contributed by atoms with van der Waals surface area (Å²) in [6.07, 6.45) is 9.95. The molecule has 1 N–H and O–H groups in total. The zero-order valence-corrected chi connectivity index (χ0v) is 18.6. The van der Waals surface area contributed by atoms with E-state index in [0.717, 1.165) is 58.0 Å². The van der Waals surface area contributed by atoms with Crippen molar-refractivity contribution in [2.24, 2.45) is 0 Å². The van der Waals surface area contributed by atoms with Gasteiger partial charge in [-0.1, -0.05) is 36.4 Å². The first kappa shape index (κ1) is 20.9.